The molecule has 1 fully saturated rings. The Morgan fingerprint density at radius 2 is 1.61 bits per heavy atom. The third-order valence-electron chi connectivity index (χ3n) is 6.55. The number of methoxy groups -OCH3 is 1. The van der Waals surface area contributed by atoms with Crippen LogP contribution in [0.1, 0.15) is 40.5 Å². The molecule has 1 saturated heterocycles. The summed E-state index contributed by atoms with van der Waals surface area (Å²) in [5.74, 6) is 1.22. The SMILES string of the molecule is COc1cc(N2CCC(C)(C)CC2)ccc1Nc1ncnc(Nc2ccccc2S(=O)(=O)C(C)C)n1. The van der Waals surface area contributed by atoms with Crippen LogP contribution in [-0.4, -0.2) is 48.8 Å². The largest absolute Gasteiger partial charge is 0.494 e. The molecule has 0 amide bonds. The Balaban J connectivity index is 1.53. The number of hydrogen-bond acceptors (Lipinski definition) is 9. The number of rotatable bonds is 8. The van der Waals surface area contributed by atoms with Crippen LogP contribution < -0.4 is 20.3 Å². The molecular weight excluding hydrogens is 476 g/mol. The Morgan fingerprint density at radius 1 is 0.972 bits per heavy atom. The number of hydrogen-bond donors (Lipinski definition) is 2. The summed E-state index contributed by atoms with van der Waals surface area (Å²) in [5.41, 5.74) is 2.63. The topological polar surface area (TPSA) is 109 Å². The van der Waals surface area contributed by atoms with Crippen molar-refractivity contribution in [3.05, 3.63) is 48.8 Å². The first-order valence-electron chi connectivity index (χ1n) is 12.1. The van der Waals surface area contributed by atoms with E-state index in [1.165, 1.54) is 6.33 Å². The van der Waals surface area contributed by atoms with Gasteiger partial charge >= 0.3 is 0 Å². The minimum Gasteiger partial charge on any atom is -0.494 e. The highest BCUT2D eigenvalue weighted by Crippen LogP contribution is 2.36. The van der Waals surface area contributed by atoms with Crippen LogP contribution in [0.3, 0.4) is 0 Å². The molecule has 36 heavy (non-hydrogen) atoms. The van der Waals surface area contributed by atoms with Crippen LogP contribution >= 0.6 is 0 Å². The van der Waals surface area contributed by atoms with Crippen LogP contribution in [0.5, 0.6) is 5.75 Å². The Bertz CT molecular complexity index is 1320. The second kappa shape index (κ2) is 10.3. The van der Waals surface area contributed by atoms with E-state index in [9.17, 15) is 8.42 Å². The number of ether oxygens (including phenoxy) is 1. The highest BCUT2D eigenvalue weighted by molar-refractivity contribution is 7.92. The summed E-state index contributed by atoms with van der Waals surface area (Å²) in [4.78, 5) is 15.4. The van der Waals surface area contributed by atoms with E-state index < -0.39 is 15.1 Å². The first kappa shape index (κ1) is 25.7. The van der Waals surface area contributed by atoms with Gasteiger partial charge < -0.3 is 20.3 Å². The van der Waals surface area contributed by atoms with Crippen molar-refractivity contribution in [3.63, 3.8) is 0 Å². The van der Waals surface area contributed by atoms with Crippen molar-refractivity contribution in [1.82, 2.24) is 15.0 Å². The predicted molar refractivity (Wildman–Crippen MR) is 143 cm³/mol. The average Bonchev–Trinajstić information content (AvgIpc) is 2.85. The van der Waals surface area contributed by atoms with Crippen molar-refractivity contribution in [2.45, 2.75) is 50.7 Å². The van der Waals surface area contributed by atoms with Crippen molar-refractivity contribution < 1.29 is 13.2 Å². The molecule has 1 aliphatic rings. The third kappa shape index (κ3) is 5.70. The zero-order chi connectivity index (χ0) is 25.9. The highest BCUT2D eigenvalue weighted by atomic mass is 32.2. The number of sulfone groups is 1. The van der Waals surface area contributed by atoms with Crippen LogP contribution in [0.2, 0.25) is 0 Å². The fraction of sp³-hybridized carbons (Fsp3) is 0.423. The van der Waals surface area contributed by atoms with Crippen LogP contribution in [0.4, 0.5) is 29.0 Å². The van der Waals surface area contributed by atoms with Gasteiger partial charge in [-0.3, -0.25) is 0 Å². The summed E-state index contributed by atoms with van der Waals surface area (Å²) in [6.07, 6.45) is 3.67. The summed E-state index contributed by atoms with van der Waals surface area (Å²) in [6.45, 7) is 9.97. The normalized spacial score (nSPS) is 15.6. The van der Waals surface area contributed by atoms with E-state index in [1.807, 2.05) is 12.1 Å². The number of nitrogens with one attached hydrogen (secondary N) is 2. The molecule has 9 nitrogen and oxygen atoms in total. The molecule has 0 unspecified atom stereocenters. The first-order chi connectivity index (χ1) is 17.1. The molecule has 0 aliphatic carbocycles. The van der Waals surface area contributed by atoms with Crippen molar-refractivity contribution in [1.29, 1.82) is 0 Å². The Labute approximate surface area is 213 Å². The highest BCUT2D eigenvalue weighted by Gasteiger charge is 2.26. The molecule has 0 atom stereocenters. The number of para-hydroxylation sites is 1. The van der Waals surface area contributed by atoms with E-state index in [0.717, 1.165) is 37.3 Å². The molecule has 1 aromatic heterocycles. The third-order valence-corrected chi connectivity index (χ3v) is 8.76. The first-order valence-corrected chi connectivity index (χ1v) is 13.6. The van der Waals surface area contributed by atoms with Gasteiger partial charge in [0.2, 0.25) is 11.9 Å². The summed E-state index contributed by atoms with van der Waals surface area (Å²) in [7, 11) is -1.85. The lowest BCUT2D eigenvalue weighted by Gasteiger charge is -2.38. The van der Waals surface area contributed by atoms with E-state index in [0.29, 0.717) is 22.8 Å². The molecular formula is C26H34N6O3S. The maximum absolute atomic E-state index is 12.8. The maximum Gasteiger partial charge on any atom is 0.232 e. The molecule has 2 N–H and O–H groups in total. The standard InChI is InChI=1S/C26H34N6O3S/c1-18(2)36(33,34)23-9-7-6-8-21(23)30-25-28-17-27-24(31-25)29-20-11-10-19(16-22(20)35-5)32-14-12-26(3,4)13-15-32/h6-11,16-18H,12-15H2,1-5H3,(H2,27,28,29,30,31). The average molecular weight is 511 g/mol. The Morgan fingerprint density at radius 3 is 2.25 bits per heavy atom. The summed E-state index contributed by atoms with van der Waals surface area (Å²) in [6, 6.07) is 12.8. The number of anilines is 5. The van der Waals surface area contributed by atoms with Gasteiger partial charge in [0, 0.05) is 24.8 Å². The van der Waals surface area contributed by atoms with Gasteiger partial charge in [-0.25, -0.2) is 18.4 Å². The molecule has 0 spiro atoms. The van der Waals surface area contributed by atoms with Crippen LogP contribution in [-0.2, 0) is 9.84 Å². The van der Waals surface area contributed by atoms with E-state index >= 15 is 0 Å². The quantitative estimate of drug-likeness (QED) is 0.424. The minimum absolute atomic E-state index is 0.202. The van der Waals surface area contributed by atoms with Gasteiger partial charge in [0.05, 0.1) is 28.6 Å². The molecule has 1 aliphatic heterocycles. The van der Waals surface area contributed by atoms with Crippen molar-refractivity contribution in [2.24, 2.45) is 5.41 Å². The molecule has 0 bridgehead atoms. The molecule has 0 radical (unpaired) electrons. The minimum atomic E-state index is -3.49. The van der Waals surface area contributed by atoms with Gasteiger partial charge in [-0.2, -0.15) is 4.98 Å². The summed E-state index contributed by atoms with van der Waals surface area (Å²) < 4.78 is 31.2. The van der Waals surface area contributed by atoms with Gasteiger partial charge in [0.25, 0.3) is 0 Å². The zero-order valence-electron chi connectivity index (χ0n) is 21.4. The second-order valence-corrected chi connectivity index (χ2v) is 12.5. The molecule has 4 rings (SSSR count). The number of aromatic nitrogens is 3. The lowest BCUT2D eigenvalue weighted by Crippen LogP contribution is -2.37. The van der Waals surface area contributed by atoms with Gasteiger partial charge in [-0.05, 0) is 56.4 Å². The van der Waals surface area contributed by atoms with E-state index in [-0.39, 0.29) is 10.8 Å². The van der Waals surface area contributed by atoms with Crippen LogP contribution in [0.15, 0.2) is 53.7 Å². The van der Waals surface area contributed by atoms with E-state index in [4.69, 9.17) is 4.74 Å². The van der Waals surface area contributed by atoms with Crippen molar-refractivity contribution in [2.75, 3.05) is 35.7 Å². The number of benzene rings is 2. The Hall–Kier alpha value is -3.40. The fourth-order valence-corrected chi connectivity index (χ4v) is 5.28. The molecule has 0 saturated carbocycles. The Kier molecular flexibility index (Phi) is 7.35. The van der Waals surface area contributed by atoms with Gasteiger partial charge in [0.15, 0.2) is 9.84 Å². The lowest BCUT2D eigenvalue weighted by atomic mass is 9.82. The molecule has 192 valence electrons. The lowest BCUT2D eigenvalue weighted by molar-refractivity contribution is 0.280. The monoisotopic (exact) mass is 510 g/mol. The predicted octanol–water partition coefficient (Wildman–Crippen LogP) is 5.18. The molecule has 2 aromatic carbocycles. The zero-order valence-corrected chi connectivity index (χ0v) is 22.3. The van der Waals surface area contributed by atoms with Crippen molar-refractivity contribution in [3.8, 4) is 5.75 Å². The van der Waals surface area contributed by atoms with E-state index in [2.05, 4.69) is 50.4 Å². The number of piperidine rings is 1. The van der Waals surface area contributed by atoms with Gasteiger partial charge in [0.1, 0.15) is 12.1 Å². The molecule has 2 heterocycles. The second-order valence-electron chi connectivity index (χ2n) is 10.0. The van der Waals surface area contributed by atoms with Gasteiger partial charge in [-0.15, -0.1) is 0 Å². The fourth-order valence-electron chi connectivity index (χ4n) is 4.08. The van der Waals surface area contributed by atoms with Crippen LogP contribution in [0, 0.1) is 5.41 Å². The maximum atomic E-state index is 12.8. The van der Waals surface area contributed by atoms with E-state index in [1.54, 1.807) is 45.2 Å². The summed E-state index contributed by atoms with van der Waals surface area (Å²) in [5, 5.41) is 5.67. The summed E-state index contributed by atoms with van der Waals surface area (Å²) >= 11 is 0. The number of nitrogens with zero attached hydrogens (tertiary/aromatic N) is 4. The smallest absolute Gasteiger partial charge is 0.232 e. The van der Waals surface area contributed by atoms with Gasteiger partial charge in [-0.1, -0.05) is 26.0 Å². The van der Waals surface area contributed by atoms with Crippen molar-refractivity contribution >= 4 is 38.8 Å². The molecule has 3 aromatic rings. The molecule has 10 heteroatoms. The van der Waals surface area contributed by atoms with Crippen LogP contribution in [0.25, 0.3) is 0 Å².